The third-order valence-electron chi connectivity index (χ3n) is 6.23. The molecule has 0 aliphatic carbocycles. The zero-order valence-corrected chi connectivity index (χ0v) is 20.7. The Labute approximate surface area is 194 Å². The van der Waals surface area contributed by atoms with Crippen LogP contribution in [0.25, 0.3) is 11.0 Å². The second kappa shape index (κ2) is 8.40. The van der Waals surface area contributed by atoms with Gasteiger partial charge in [-0.2, -0.15) is 0 Å². The Morgan fingerprint density at radius 2 is 1.97 bits per heavy atom. The highest BCUT2D eigenvalue weighted by Gasteiger charge is 2.35. The van der Waals surface area contributed by atoms with E-state index in [9.17, 15) is 13.2 Å². The van der Waals surface area contributed by atoms with E-state index in [0.29, 0.717) is 41.6 Å². The largest absolute Gasteiger partial charge is 0.355 e. The highest BCUT2D eigenvalue weighted by atomic mass is 32.2. The minimum Gasteiger partial charge on any atom is -0.355 e. The van der Waals surface area contributed by atoms with Crippen molar-refractivity contribution in [1.29, 1.82) is 0 Å². The molecule has 0 unspecified atom stereocenters. The van der Waals surface area contributed by atoms with Gasteiger partial charge >= 0.3 is 0 Å². The van der Waals surface area contributed by atoms with Gasteiger partial charge in [0, 0.05) is 32.6 Å². The molecule has 176 valence electrons. The van der Waals surface area contributed by atoms with Gasteiger partial charge in [-0.15, -0.1) is 0 Å². The Hall–Kier alpha value is -3.01. The van der Waals surface area contributed by atoms with Crippen molar-refractivity contribution in [3.8, 4) is 0 Å². The van der Waals surface area contributed by atoms with Crippen LogP contribution in [0.5, 0.6) is 0 Å². The van der Waals surface area contributed by atoms with E-state index in [4.69, 9.17) is 4.98 Å². The summed E-state index contributed by atoms with van der Waals surface area (Å²) in [4.78, 5) is 28.6. The van der Waals surface area contributed by atoms with E-state index in [1.54, 1.807) is 26.2 Å². The molecule has 0 radical (unpaired) electrons. The smallest absolute Gasteiger partial charge is 0.254 e. The number of hydrogen-bond donors (Lipinski definition) is 1. The van der Waals surface area contributed by atoms with Crippen LogP contribution in [0.1, 0.15) is 54.3 Å². The molecule has 3 aromatic rings. The van der Waals surface area contributed by atoms with E-state index in [1.807, 2.05) is 13.0 Å². The van der Waals surface area contributed by atoms with Crippen LogP contribution >= 0.6 is 0 Å². The van der Waals surface area contributed by atoms with Crippen LogP contribution in [0.15, 0.2) is 23.2 Å². The predicted octanol–water partition coefficient (Wildman–Crippen LogP) is 2.68. The quantitative estimate of drug-likeness (QED) is 0.610. The van der Waals surface area contributed by atoms with Gasteiger partial charge in [0.1, 0.15) is 5.82 Å². The number of nitrogens with one attached hydrogen (secondary N) is 1. The van der Waals surface area contributed by atoms with Crippen molar-refractivity contribution < 1.29 is 13.2 Å². The summed E-state index contributed by atoms with van der Waals surface area (Å²) in [6.07, 6.45) is 3.43. The van der Waals surface area contributed by atoms with Crippen LogP contribution in [0.4, 0.5) is 5.95 Å². The number of fused-ring (bicyclic) bond motifs is 3. The van der Waals surface area contributed by atoms with Gasteiger partial charge in [0.2, 0.25) is 5.95 Å². The number of imidazole rings is 1. The van der Waals surface area contributed by atoms with Crippen molar-refractivity contribution >= 4 is 32.7 Å². The Bertz CT molecular complexity index is 1350. The molecule has 0 saturated heterocycles. The summed E-state index contributed by atoms with van der Waals surface area (Å²) in [6.45, 7) is 9.27. The normalized spacial score (nSPS) is 16.3. The van der Waals surface area contributed by atoms with E-state index in [-0.39, 0.29) is 17.9 Å². The molecular formula is C23H30N6O3S. The molecule has 0 spiro atoms. The summed E-state index contributed by atoms with van der Waals surface area (Å²) in [5.41, 5.74) is 3.48. The lowest BCUT2D eigenvalue weighted by Gasteiger charge is -2.38. The molecule has 1 atom stereocenters. The van der Waals surface area contributed by atoms with Gasteiger partial charge in [0.25, 0.3) is 5.91 Å². The van der Waals surface area contributed by atoms with E-state index in [1.165, 1.54) is 6.26 Å². The van der Waals surface area contributed by atoms with E-state index in [0.717, 1.165) is 22.4 Å². The fourth-order valence-corrected chi connectivity index (χ4v) is 5.62. The molecule has 9 nitrogen and oxygen atoms in total. The van der Waals surface area contributed by atoms with Crippen molar-refractivity contribution in [2.75, 3.05) is 24.7 Å². The van der Waals surface area contributed by atoms with Gasteiger partial charge in [-0.1, -0.05) is 20.8 Å². The Balaban J connectivity index is 1.84. The molecular weight excluding hydrogens is 440 g/mol. The summed E-state index contributed by atoms with van der Waals surface area (Å²) in [5, 5.41) is 2.61. The van der Waals surface area contributed by atoms with Gasteiger partial charge in [0.05, 0.1) is 33.2 Å². The van der Waals surface area contributed by atoms with Crippen molar-refractivity contribution in [1.82, 2.24) is 24.8 Å². The van der Waals surface area contributed by atoms with Crippen molar-refractivity contribution in [2.24, 2.45) is 5.92 Å². The highest BCUT2D eigenvalue weighted by Crippen LogP contribution is 2.37. The summed E-state index contributed by atoms with van der Waals surface area (Å²) >= 11 is 0. The maximum Gasteiger partial charge on any atom is 0.254 e. The van der Waals surface area contributed by atoms with E-state index < -0.39 is 9.84 Å². The standard InChI is InChI=1S/C23H30N6O3S/c1-7-15-10-17-18(11-19(15)33(6,31)32)28-8-9-29(20(13(2)3)21(28)27-17)23-25-12-16(14(4)26-23)22(30)24-5/h10-13,20H,7-9H2,1-6H3,(H,24,30)/t20-/m0/s1. The molecule has 2 aromatic heterocycles. The molecule has 0 saturated carbocycles. The topological polar surface area (TPSA) is 110 Å². The van der Waals surface area contributed by atoms with Gasteiger partial charge in [-0.3, -0.25) is 4.79 Å². The van der Waals surface area contributed by atoms with Gasteiger partial charge in [-0.25, -0.2) is 23.4 Å². The third-order valence-corrected chi connectivity index (χ3v) is 7.41. The second-order valence-corrected chi connectivity index (χ2v) is 10.8. The summed E-state index contributed by atoms with van der Waals surface area (Å²) in [6, 6.07) is 3.58. The average molecular weight is 471 g/mol. The van der Waals surface area contributed by atoms with Crippen molar-refractivity contribution in [2.45, 2.75) is 51.6 Å². The van der Waals surface area contributed by atoms with Crippen LogP contribution in [0.2, 0.25) is 0 Å². The minimum atomic E-state index is -3.35. The summed E-state index contributed by atoms with van der Waals surface area (Å²) in [5.74, 6) is 1.41. The Kier molecular flexibility index (Phi) is 5.90. The predicted molar refractivity (Wildman–Crippen MR) is 127 cm³/mol. The molecule has 1 aromatic carbocycles. The number of nitrogens with zero attached hydrogens (tertiary/aromatic N) is 5. The highest BCUT2D eigenvalue weighted by molar-refractivity contribution is 7.90. The average Bonchev–Trinajstić information content (AvgIpc) is 3.13. The fourth-order valence-electron chi connectivity index (χ4n) is 4.62. The molecule has 1 N–H and O–H groups in total. The summed E-state index contributed by atoms with van der Waals surface area (Å²) in [7, 11) is -1.77. The third kappa shape index (κ3) is 3.96. The zero-order chi connectivity index (χ0) is 24.1. The number of aryl methyl sites for hydroxylation is 2. The first-order valence-corrected chi connectivity index (χ1v) is 13.0. The van der Waals surface area contributed by atoms with Crippen LogP contribution in [-0.2, 0) is 22.8 Å². The lowest BCUT2D eigenvalue weighted by Crippen LogP contribution is -2.42. The molecule has 0 fully saturated rings. The monoisotopic (exact) mass is 470 g/mol. The van der Waals surface area contributed by atoms with Gasteiger partial charge < -0.3 is 14.8 Å². The number of sulfone groups is 1. The van der Waals surface area contributed by atoms with Gasteiger partial charge in [-0.05, 0) is 37.0 Å². The first-order chi connectivity index (χ1) is 15.6. The fraction of sp³-hybridized carbons (Fsp3) is 0.478. The van der Waals surface area contributed by atoms with Crippen LogP contribution in [0, 0.1) is 12.8 Å². The number of rotatable bonds is 5. The van der Waals surface area contributed by atoms with Gasteiger partial charge in [0.15, 0.2) is 9.84 Å². The molecule has 1 amide bonds. The Morgan fingerprint density at radius 3 is 2.55 bits per heavy atom. The number of carbonyl (C=O) groups excluding carboxylic acids is 1. The molecule has 3 heterocycles. The molecule has 10 heteroatoms. The van der Waals surface area contributed by atoms with E-state index >= 15 is 0 Å². The van der Waals surface area contributed by atoms with E-state index in [2.05, 4.69) is 38.6 Å². The first kappa shape index (κ1) is 23.2. The zero-order valence-electron chi connectivity index (χ0n) is 19.9. The molecule has 33 heavy (non-hydrogen) atoms. The molecule has 0 bridgehead atoms. The van der Waals surface area contributed by atoms with Crippen LogP contribution < -0.4 is 10.2 Å². The molecule has 1 aliphatic heterocycles. The number of hydrogen-bond acceptors (Lipinski definition) is 7. The maximum atomic E-state index is 12.4. The molecule has 1 aliphatic rings. The number of carbonyl (C=O) groups is 1. The Morgan fingerprint density at radius 1 is 1.24 bits per heavy atom. The van der Waals surface area contributed by atoms with Crippen molar-refractivity contribution in [3.05, 3.63) is 41.0 Å². The van der Waals surface area contributed by atoms with Crippen LogP contribution in [-0.4, -0.2) is 53.7 Å². The lowest BCUT2D eigenvalue weighted by atomic mass is 10.00. The SMILES string of the molecule is CCc1cc2nc3n(c2cc1S(C)(=O)=O)CCN(c1ncc(C(=O)NC)c(C)n1)[C@H]3C(C)C. The molecule has 4 rings (SSSR count). The van der Waals surface area contributed by atoms with Crippen LogP contribution in [0.3, 0.4) is 0 Å². The minimum absolute atomic E-state index is 0.0943. The first-order valence-electron chi connectivity index (χ1n) is 11.1. The summed E-state index contributed by atoms with van der Waals surface area (Å²) < 4.78 is 26.9. The van der Waals surface area contributed by atoms with Crippen molar-refractivity contribution in [3.63, 3.8) is 0 Å². The maximum absolute atomic E-state index is 12.4. The lowest BCUT2D eigenvalue weighted by molar-refractivity contribution is 0.0961. The number of anilines is 1. The second-order valence-electron chi connectivity index (χ2n) is 8.83. The number of benzene rings is 1. The number of aromatic nitrogens is 4. The number of amides is 1.